The molecule has 0 aliphatic rings. The summed E-state index contributed by atoms with van der Waals surface area (Å²) in [5.41, 5.74) is 2.66. The van der Waals surface area contributed by atoms with Gasteiger partial charge in [0, 0.05) is 25.2 Å². The zero-order valence-corrected chi connectivity index (χ0v) is 12.3. The third-order valence-corrected chi connectivity index (χ3v) is 3.69. The van der Waals surface area contributed by atoms with Gasteiger partial charge in [0.25, 0.3) is 0 Å². The Morgan fingerprint density at radius 3 is 1.35 bits per heavy atom. The van der Waals surface area contributed by atoms with Crippen molar-refractivity contribution in [1.29, 1.82) is 0 Å². The first-order valence-electron chi connectivity index (χ1n) is 7.30. The van der Waals surface area contributed by atoms with Crippen molar-refractivity contribution in [1.82, 2.24) is 10.6 Å². The van der Waals surface area contributed by atoms with E-state index < -0.39 is 0 Å². The molecule has 2 N–H and O–H groups in total. The Balaban J connectivity index is 1.73. The second kappa shape index (κ2) is 7.83. The molecule has 2 nitrogen and oxygen atoms in total. The van der Waals surface area contributed by atoms with Crippen molar-refractivity contribution < 1.29 is 0 Å². The highest BCUT2D eigenvalue weighted by Crippen LogP contribution is 2.02. The predicted octanol–water partition coefficient (Wildman–Crippen LogP) is 3.34. The molecule has 2 aromatic carbocycles. The van der Waals surface area contributed by atoms with Crippen LogP contribution in [0.4, 0.5) is 0 Å². The van der Waals surface area contributed by atoms with E-state index in [0.29, 0.717) is 12.1 Å². The lowest BCUT2D eigenvalue weighted by molar-refractivity contribution is 0.407. The summed E-state index contributed by atoms with van der Waals surface area (Å²) >= 11 is 0. The largest absolute Gasteiger partial charge is 0.309 e. The summed E-state index contributed by atoms with van der Waals surface area (Å²) in [5.74, 6) is 0. The number of nitrogens with one attached hydrogen (secondary N) is 2. The van der Waals surface area contributed by atoms with Crippen LogP contribution in [0.2, 0.25) is 0 Å². The van der Waals surface area contributed by atoms with Gasteiger partial charge >= 0.3 is 0 Å². The van der Waals surface area contributed by atoms with Crippen molar-refractivity contribution >= 4 is 0 Å². The summed E-state index contributed by atoms with van der Waals surface area (Å²) in [5, 5.41) is 7.14. The van der Waals surface area contributed by atoms with E-state index in [0.717, 1.165) is 13.1 Å². The lowest BCUT2D eigenvalue weighted by atomic mass is 10.1. The van der Waals surface area contributed by atoms with Gasteiger partial charge in [0.15, 0.2) is 0 Å². The van der Waals surface area contributed by atoms with Crippen LogP contribution in [0.25, 0.3) is 0 Å². The maximum absolute atomic E-state index is 3.57. The predicted molar refractivity (Wildman–Crippen MR) is 85.5 cm³/mol. The molecule has 0 amide bonds. The second-order valence-electron chi connectivity index (χ2n) is 5.31. The second-order valence-corrected chi connectivity index (χ2v) is 5.31. The standard InChI is InChI=1S/C18H24N2/c1-15(19-13-17-9-5-3-6-10-17)16(2)20-14-18-11-7-4-8-12-18/h3-12,15-16,19-20H,13-14H2,1-2H3/t15-,16-/m0/s1. The molecule has 0 aliphatic heterocycles. The SMILES string of the molecule is C[C@H](NCc1ccccc1)[C@H](C)NCc1ccccc1. The maximum Gasteiger partial charge on any atom is 0.0208 e. The van der Waals surface area contributed by atoms with E-state index in [1.165, 1.54) is 11.1 Å². The summed E-state index contributed by atoms with van der Waals surface area (Å²) in [7, 11) is 0. The van der Waals surface area contributed by atoms with Crippen LogP contribution in [0, 0.1) is 0 Å². The Bertz CT molecular complexity index is 434. The smallest absolute Gasteiger partial charge is 0.0208 e. The molecule has 0 aromatic heterocycles. The molecule has 2 atom stereocenters. The van der Waals surface area contributed by atoms with Gasteiger partial charge in [0.2, 0.25) is 0 Å². The van der Waals surface area contributed by atoms with Crippen molar-refractivity contribution in [2.75, 3.05) is 0 Å². The van der Waals surface area contributed by atoms with Gasteiger partial charge in [-0.25, -0.2) is 0 Å². The molecular formula is C18H24N2. The molecule has 0 heterocycles. The zero-order valence-electron chi connectivity index (χ0n) is 12.3. The molecule has 2 heteroatoms. The Kier molecular flexibility index (Phi) is 5.78. The van der Waals surface area contributed by atoms with Gasteiger partial charge in [0.1, 0.15) is 0 Å². The van der Waals surface area contributed by atoms with E-state index in [1.807, 2.05) is 0 Å². The average molecular weight is 268 g/mol. The third-order valence-electron chi connectivity index (χ3n) is 3.69. The molecule has 2 aromatic rings. The van der Waals surface area contributed by atoms with Crippen LogP contribution in [-0.2, 0) is 13.1 Å². The molecule has 20 heavy (non-hydrogen) atoms. The van der Waals surface area contributed by atoms with Crippen LogP contribution in [0.5, 0.6) is 0 Å². The molecule has 0 fully saturated rings. The van der Waals surface area contributed by atoms with Crippen LogP contribution in [0.1, 0.15) is 25.0 Å². The van der Waals surface area contributed by atoms with Crippen LogP contribution in [-0.4, -0.2) is 12.1 Å². The van der Waals surface area contributed by atoms with Gasteiger partial charge in [-0.3, -0.25) is 0 Å². The first-order valence-corrected chi connectivity index (χ1v) is 7.30. The Morgan fingerprint density at radius 2 is 1.00 bits per heavy atom. The minimum Gasteiger partial charge on any atom is -0.309 e. The molecule has 0 saturated carbocycles. The van der Waals surface area contributed by atoms with Crippen molar-refractivity contribution in [3.05, 3.63) is 71.8 Å². The number of hydrogen-bond donors (Lipinski definition) is 2. The Labute approximate surface area is 122 Å². The van der Waals surface area contributed by atoms with Crippen molar-refractivity contribution in [3.63, 3.8) is 0 Å². The van der Waals surface area contributed by atoms with Crippen LogP contribution in [0.15, 0.2) is 60.7 Å². The minimum absolute atomic E-state index is 0.430. The summed E-state index contributed by atoms with van der Waals surface area (Å²) < 4.78 is 0. The number of rotatable bonds is 7. The van der Waals surface area contributed by atoms with Gasteiger partial charge < -0.3 is 10.6 Å². The highest BCUT2D eigenvalue weighted by atomic mass is 15.0. The topological polar surface area (TPSA) is 24.1 Å². The molecule has 0 radical (unpaired) electrons. The molecule has 0 spiro atoms. The van der Waals surface area contributed by atoms with Gasteiger partial charge in [-0.2, -0.15) is 0 Å². The normalized spacial score (nSPS) is 13.9. The molecule has 0 bridgehead atoms. The minimum atomic E-state index is 0.430. The average Bonchev–Trinajstić information content (AvgIpc) is 2.52. The van der Waals surface area contributed by atoms with Crippen molar-refractivity contribution in [2.45, 2.75) is 39.0 Å². The van der Waals surface area contributed by atoms with E-state index >= 15 is 0 Å². The highest BCUT2D eigenvalue weighted by molar-refractivity contribution is 5.15. The molecule has 0 saturated heterocycles. The lowest BCUT2D eigenvalue weighted by Gasteiger charge is -2.23. The Morgan fingerprint density at radius 1 is 0.650 bits per heavy atom. The van der Waals surface area contributed by atoms with E-state index in [9.17, 15) is 0 Å². The van der Waals surface area contributed by atoms with Crippen molar-refractivity contribution in [2.24, 2.45) is 0 Å². The first kappa shape index (κ1) is 14.8. The molecule has 2 rings (SSSR count). The zero-order chi connectivity index (χ0) is 14.2. The Hall–Kier alpha value is -1.64. The maximum atomic E-state index is 3.57. The van der Waals surface area contributed by atoms with Crippen LogP contribution < -0.4 is 10.6 Å². The van der Waals surface area contributed by atoms with Gasteiger partial charge in [-0.1, -0.05) is 60.7 Å². The summed E-state index contributed by atoms with van der Waals surface area (Å²) in [4.78, 5) is 0. The summed E-state index contributed by atoms with van der Waals surface area (Å²) in [6.45, 7) is 6.29. The number of hydrogen-bond acceptors (Lipinski definition) is 2. The number of benzene rings is 2. The lowest BCUT2D eigenvalue weighted by Crippen LogP contribution is -2.43. The molecule has 0 aliphatic carbocycles. The van der Waals surface area contributed by atoms with Gasteiger partial charge in [-0.05, 0) is 25.0 Å². The highest BCUT2D eigenvalue weighted by Gasteiger charge is 2.10. The monoisotopic (exact) mass is 268 g/mol. The third kappa shape index (κ3) is 4.80. The van der Waals surface area contributed by atoms with Crippen molar-refractivity contribution in [3.8, 4) is 0 Å². The first-order chi connectivity index (χ1) is 9.75. The van der Waals surface area contributed by atoms with Gasteiger partial charge in [0.05, 0.1) is 0 Å². The molecule has 0 unspecified atom stereocenters. The fourth-order valence-electron chi connectivity index (χ4n) is 2.10. The van der Waals surface area contributed by atoms with E-state index in [1.54, 1.807) is 0 Å². The van der Waals surface area contributed by atoms with E-state index in [-0.39, 0.29) is 0 Å². The summed E-state index contributed by atoms with van der Waals surface area (Å²) in [6, 6.07) is 21.9. The van der Waals surface area contributed by atoms with E-state index in [4.69, 9.17) is 0 Å². The summed E-state index contributed by atoms with van der Waals surface area (Å²) in [6.07, 6.45) is 0. The molecule has 106 valence electrons. The van der Waals surface area contributed by atoms with Crippen LogP contribution in [0.3, 0.4) is 0 Å². The fraction of sp³-hybridized carbons (Fsp3) is 0.333. The van der Waals surface area contributed by atoms with Gasteiger partial charge in [-0.15, -0.1) is 0 Å². The quantitative estimate of drug-likeness (QED) is 0.805. The molecular weight excluding hydrogens is 244 g/mol. The fourth-order valence-corrected chi connectivity index (χ4v) is 2.10. The van der Waals surface area contributed by atoms with E-state index in [2.05, 4.69) is 85.1 Å². The van der Waals surface area contributed by atoms with Crippen LogP contribution >= 0.6 is 0 Å².